The molecule has 2 amide bonds. The van der Waals surface area contributed by atoms with E-state index in [0.29, 0.717) is 31.7 Å². The molecule has 0 aliphatic heterocycles. The SMILES string of the molecule is O=C(CCCCCOc1ccccc1CN(Cc1ccccc1)C(=O)c1ccc(-c2cccnc2)cc1)NO. The monoisotopic (exact) mass is 523 g/mol. The van der Waals surface area contributed by atoms with Gasteiger partial charge in [0.25, 0.3) is 5.91 Å². The topological polar surface area (TPSA) is 91.8 Å². The summed E-state index contributed by atoms with van der Waals surface area (Å²) < 4.78 is 6.08. The highest BCUT2D eigenvalue weighted by molar-refractivity contribution is 5.94. The maximum absolute atomic E-state index is 13.7. The van der Waals surface area contributed by atoms with E-state index in [1.807, 2.05) is 95.9 Å². The third-order valence-corrected chi connectivity index (χ3v) is 6.39. The number of aromatic nitrogens is 1. The second-order valence-electron chi connectivity index (χ2n) is 9.27. The zero-order valence-electron chi connectivity index (χ0n) is 21.8. The zero-order valence-corrected chi connectivity index (χ0v) is 21.8. The lowest BCUT2D eigenvalue weighted by Gasteiger charge is -2.24. The van der Waals surface area contributed by atoms with Crippen LogP contribution in [0.1, 0.15) is 47.2 Å². The molecule has 3 aromatic carbocycles. The number of hydroxylamine groups is 1. The summed E-state index contributed by atoms with van der Waals surface area (Å²) in [7, 11) is 0. The van der Waals surface area contributed by atoms with Crippen LogP contribution < -0.4 is 10.2 Å². The molecule has 0 unspecified atom stereocenters. The van der Waals surface area contributed by atoms with Gasteiger partial charge >= 0.3 is 0 Å². The fourth-order valence-corrected chi connectivity index (χ4v) is 4.31. The quantitative estimate of drug-likeness (QED) is 0.127. The molecule has 0 spiro atoms. The lowest BCUT2D eigenvalue weighted by atomic mass is 10.0. The number of unbranched alkanes of at least 4 members (excludes halogenated alkanes) is 2. The standard InChI is InChI=1S/C32H33N3O4/c36-31(34-38)15-5-2-8-21-39-30-14-7-6-12-29(30)24-35(23-25-10-3-1-4-11-25)32(37)27-18-16-26(17-19-27)28-13-9-20-33-22-28/h1,3-4,6-7,9-14,16-20,22,38H,2,5,8,15,21,23-24H2,(H,34,36). The summed E-state index contributed by atoms with van der Waals surface area (Å²) >= 11 is 0. The molecule has 4 aromatic rings. The third-order valence-electron chi connectivity index (χ3n) is 6.39. The minimum Gasteiger partial charge on any atom is -0.493 e. The van der Waals surface area contributed by atoms with E-state index in [1.54, 1.807) is 17.9 Å². The van der Waals surface area contributed by atoms with E-state index < -0.39 is 0 Å². The summed E-state index contributed by atoms with van der Waals surface area (Å²) in [6.45, 7) is 1.36. The first kappa shape index (κ1) is 27.5. The zero-order chi connectivity index (χ0) is 27.3. The van der Waals surface area contributed by atoms with Crippen LogP contribution in [0.15, 0.2) is 103 Å². The average molecular weight is 524 g/mol. The summed E-state index contributed by atoms with van der Waals surface area (Å²) in [5.74, 6) is 0.299. The van der Waals surface area contributed by atoms with Gasteiger partial charge in [-0.15, -0.1) is 0 Å². The lowest BCUT2D eigenvalue weighted by Crippen LogP contribution is -2.30. The van der Waals surface area contributed by atoms with Gasteiger partial charge in [-0.2, -0.15) is 0 Å². The minimum atomic E-state index is -0.379. The molecule has 0 saturated heterocycles. The summed E-state index contributed by atoms with van der Waals surface area (Å²) in [5.41, 5.74) is 6.24. The first-order chi connectivity index (χ1) is 19.1. The summed E-state index contributed by atoms with van der Waals surface area (Å²) in [4.78, 5) is 30.9. The average Bonchev–Trinajstić information content (AvgIpc) is 2.99. The van der Waals surface area contributed by atoms with E-state index in [0.717, 1.165) is 40.8 Å². The molecule has 0 bridgehead atoms. The highest BCUT2D eigenvalue weighted by Gasteiger charge is 2.19. The van der Waals surface area contributed by atoms with Crippen LogP contribution >= 0.6 is 0 Å². The van der Waals surface area contributed by atoms with Crippen molar-refractivity contribution >= 4 is 11.8 Å². The van der Waals surface area contributed by atoms with Gasteiger partial charge in [0.2, 0.25) is 5.91 Å². The van der Waals surface area contributed by atoms with Gasteiger partial charge < -0.3 is 9.64 Å². The van der Waals surface area contributed by atoms with Gasteiger partial charge in [0.1, 0.15) is 5.75 Å². The Labute approximate surface area is 229 Å². The molecule has 0 aliphatic rings. The number of rotatable bonds is 13. The number of hydrogen-bond donors (Lipinski definition) is 2. The molecule has 7 heteroatoms. The molecule has 0 atom stereocenters. The maximum atomic E-state index is 13.7. The van der Waals surface area contributed by atoms with Gasteiger partial charge in [-0.3, -0.25) is 19.8 Å². The molecule has 0 fully saturated rings. The van der Waals surface area contributed by atoms with Crippen LogP contribution in [-0.2, 0) is 17.9 Å². The number of nitrogens with zero attached hydrogens (tertiary/aromatic N) is 2. The number of nitrogens with one attached hydrogen (secondary N) is 1. The molecule has 39 heavy (non-hydrogen) atoms. The van der Waals surface area contributed by atoms with E-state index in [-0.39, 0.29) is 18.2 Å². The highest BCUT2D eigenvalue weighted by Crippen LogP contribution is 2.24. The number of benzene rings is 3. The fraction of sp³-hybridized carbons (Fsp3) is 0.219. The van der Waals surface area contributed by atoms with Crippen molar-refractivity contribution < 1.29 is 19.5 Å². The van der Waals surface area contributed by atoms with Crippen molar-refractivity contribution in [1.29, 1.82) is 0 Å². The van der Waals surface area contributed by atoms with Crippen molar-refractivity contribution in [3.63, 3.8) is 0 Å². The molecule has 1 heterocycles. The number of ether oxygens (including phenoxy) is 1. The summed E-state index contributed by atoms with van der Waals surface area (Å²) in [6.07, 6.45) is 6.10. The molecule has 4 rings (SSSR count). The normalized spacial score (nSPS) is 10.6. The van der Waals surface area contributed by atoms with E-state index in [2.05, 4.69) is 4.98 Å². The Kier molecular flexibility index (Phi) is 10.2. The number of pyridine rings is 1. The first-order valence-corrected chi connectivity index (χ1v) is 13.1. The van der Waals surface area contributed by atoms with E-state index in [4.69, 9.17) is 9.94 Å². The Morgan fingerprint density at radius 3 is 2.31 bits per heavy atom. The third kappa shape index (κ3) is 8.25. The number of carbonyl (C=O) groups is 2. The molecule has 1 aromatic heterocycles. The number of para-hydroxylation sites is 1. The van der Waals surface area contributed by atoms with Crippen LogP contribution in [0.3, 0.4) is 0 Å². The van der Waals surface area contributed by atoms with Crippen LogP contribution in [-0.4, -0.2) is 33.5 Å². The largest absolute Gasteiger partial charge is 0.493 e. The Bertz CT molecular complexity index is 1330. The van der Waals surface area contributed by atoms with Crippen molar-refractivity contribution in [3.8, 4) is 16.9 Å². The summed E-state index contributed by atoms with van der Waals surface area (Å²) in [6, 6.07) is 29.2. The molecule has 0 aliphatic carbocycles. The number of carbonyl (C=O) groups excluding carboxylic acids is 2. The van der Waals surface area contributed by atoms with E-state index >= 15 is 0 Å². The predicted molar refractivity (Wildman–Crippen MR) is 150 cm³/mol. The van der Waals surface area contributed by atoms with Gasteiger partial charge in [0.05, 0.1) is 6.61 Å². The van der Waals surface area contributed by atoms with Crippen LogP contribution in [0.2, 0.25) is 0 Å². The van der Waals surface area contributed by atoms with Gasteiger partial charge in [0, 0.05) is 43.0 Å². The van der Waals surface area contributed by atoms with Gasteiger partial charge in [0.15, 0.2) is 0 Å². The fourth-order valence-electron chi connectivity index (χ4n) is 4.31. The van der Waals surface area contributed by atoms with Crippen LogP contribution in [0.25, 0.3) is 11.1 Å². The van der Waals surface area contributed by atoms with E-state index in [1.165, 1.54) is 0 Å². The van der Waals surface area contributed by atoms with Crippen molar-refractivity contribution in [1.82, 2.24) is 15.4 Å². The number of hydrogen-bond acceptors (Lipinski definition) is 5. The van der Waals surface area contributed by atoms with Crippen molar-refractivity contribution in [2.75, 3.05) is 6.61 Å². The molecule has 0 saturated carbocycles. The molecule has 7 nitrogen and oxygen atoms in total. The van der Waals surface area contributed by atoms with E-state index in [9.17, 15) is 9.59 Å². The highest BCUT2D eigenvalue weighted by atomic mass is 16.5. The second kappa shape index (κ2) is 14.4. The smallest absolute Gasteiger partial charge is 0.254 e. The Hall–Kier alpha value is -4.49. The van der Waals surface area contributed by atoms with Crippen molar-refractivity contribution in [2.24, 2.45) is 0 Å². The minimum absolute atomic E-state index is 0.0615. The second-order valence-corrected chi connectivity index (χ2v) is 9.27. The van der Waals surface area contributed by atoms with Gasteiger partial charge in [-0.25, -0.2) is 5.48 Å². The molecule has 200 valence electrons. The Balaban J connectivity index is 1.46. The molecule has 2 N–H and O–H groups in total. The van der Waals surface area contributed by atoms with Crippen LogP contribution in [0.5, 0.6) is 5.75 Å². The van der Waals surface area contributed by atoms with Gasteiger partial charge in [-0.05, 0) is 60.2 Å². The van der Waals surface area contributed by atoms with Crippen LogP contribution in [0.4, 0.5) is 0 Å². The van der Waals surface area contributed by atoms with Gasteiger partial charge in [-0.1, -0.05) is 66.7 Å². The van der Waals surface area contributed by atoms with Crippen molar-refractivity contribution in [3.05, 3.63) is 120 Å². The van der Waals surface area contributed by atoms with Crippen LogP contribution in [0, 0.1) is 0 Å². The Morgan fingerprint density at radius 2 is 1.56 bits per heavy atom. The summed E-state index contributed by atoms with van der Waals surface area (Å²) in [5, 5.41) is 8.60. The maximum Gasteiger partial charge on any atom is 0.254 e. The first-order valence-electron chi connectivity index (χ1n) is 13.1. The molecular formula is C32H33N3O4. The lowest BCUT2D eigenvalue weighted by molar-refractivity contribution is -0.129. The Morgan fingerprint density at radius 1 is 0.795 bits per heavy atom. The van der Waals surface area contributed by atoms with Crippen molar-refractivity contribution in [2.45, 2.75) is 38.8 Å². The molecular weight excluding hydrogens is 490 g/mol. The molecule has 0 radical (unpaired) electrons. The predicted octanol–water partition coefficient (Wildman–Crippen LogP) is 6.04. The number of amides is 2.